The van der Waals surface area contributed by atoms with Crippen molar-refractivity contribution in [2.75, 3.05) is 6.54 Å². The van der Waals surface area contributed by atoms with Crippen LogP contribution >= 0.6 is 15.9 Å². The number of hydrogen-bond acceptors (Lipinski definition) is 4. The van der Waals surface area contributed by atoms with E-state index in [0.29, 0.717) is 24.2 Å². The first-order valence-corrected chi connectivity index (χ1v) is 7.22. The van der Waals surface area contributed by atoms with Gasteiger partial charge in [-0.1, -0.05) is 41.9 Å². The van der Waals surface area contributed by atoms with E-state index in [0.717, 1.165) is 23.0 Å². The van der Waals surface area contributed by atoms with Crippen molar-refractivity contribution < 1.29 is 4.42 Å². The molecule has 0 aliphatic carbocycles. The van der Waals surface area contributed by atoms with Crippen molar-refractivity contribution in [3.63, 3.8) is 0 Å². The lowest BCUT2D eigenvalue weighted by Crippen LogP contribution is -2.25. The predicted octanol–water partition coefficient (Wildman–Crippen LogP) is 2.96. The molecular weight excluding hydrogens is 306 g/mol. The summed E-state index contributed by atoms with van der Waals surface area (Å²) < 4.78 is 6.69. The third kappa shape index (κ3) is 4.76. The average Bonchev–Trinajstić information content (AvgIpc) is 2.76. The van der Waals surface area contributed by atoms with Crippen molar-refractivity contribution in [3.8, 4) is 0 Å². The topological polar surface area (TPSA) is 51.0 Å². The normalized spacial score (nSPS) is 11.2. The first-order valence-electron chi connectivity index (χ1n) is 6.42. The van der Waals surface area contributed by atoms with E-state index < -0.39 is 0 Å². The van der Waals surface area contributed by atoms with Crippen molar-refractivity contribution >= 4 is 15.9 Å². The first kappa shape index (κ1) is 14.2. The minimum Gasteiger partial charge on any atom is -0.425 e. The Morgan fingerprint density at radius 1 is 1.26 bits per heavy atom. The second-order valence-corrected chi connectivity index (χ2v) is 5.67. The quantitative estimate of drug-likeness (QED) is 0.888. The standard InChI is InChI=1S/C14H18BrN3O/c1-10(2)16-7-6-13-17-18-14(19-13)9-11-4-3-5-12(15)8-11/h3-5,8,10,16H,6-7,9H2,1-2H3. The molecule has 0 amide bonds. The predicted molar refractivity (Wildman–Crippen MR) is 78.1 cm³/mol. The van der Waals surface area contributed by atoms with E-state index in [9.17, 15) is 0 Å². The summed E-state index contributed by atoms with van der Waals surface area (Å²) in [6, 6.07) is 8.59. The molecule has 5 heteroatoms. The molecule has 0 radical (unpaired) electrons. The van der Waals surface area contributed by atoms with Gasteiger partial charge >= 0.3 is 0 Å². The highest BCUT2D eigenvalue weighted by molar-refractivity contribution is 9.10. The van der Waals surface area contributed by atoms with Crippen LogP contribution in [-0.4, -0.2) is 22.8 Å². The highest BCUT2D eigenvalue weighted by Crippen LogP contribution is 2.14. The van der Waals surface area contributed by atoms with E-state index in [1.807, 2.05) is 12.1 Å². The zero-order valence-corrected chi connectivity index (χ0v) is 12.8. The molecule has 0 atom stereocenters. The van der Waals surface area contributed by atoms with Gasteiger partial charge in [0.1, 0.15) is 0 Å². The van der Waals surface area contributed by atoms with Crippen molar-refractivity contribution in [3.05, 3.63) is 46.1 Å². The molecular formula is C14H18BrN3O. The van der Waals surface area contributed by atoms with Gasteiger partial charge in [0.25, 0.3) is 0 Å². The Morgan fingerprint density at radius 3 is 2.79 bits per heavy atom. The molecule has 0 bridgehead atoms. The van der Waals surface area contributed by atoms with Crippen LogP contribution in [0, 0.1) is 0 Å². The Labute approximate surface area is 121 Å². The molecule has 0 aliphatic rings. The molecule has 19 heavy (non-hydrogen) atoms. The number of hydrogen-bond donors (Lipinski definition) is 1. The number of benzene rings is 1. The molecule has 1 aromatic carbocycles. The molecule has 102 valence electrons. The molecule has 2 aromatic rings. The summed E-state index contributed by atoms with van der Waals surface area (Å²) in [4.78, 5) is 0. The third-order valence-electron chi connectivity index (χ3n) is 2.64. The fourth-order valence-electron chi connectivity index (χ4n) is 1.75. The second-order valence-electron chi connectivity index (χ2n) is 4.76. The summed E-state index contributed by atoms with van der Waals surface area (Å²) in [6.07, 6.45) is 1.44. The molecule has 0 unspecified atom stereocenters. The summed E-state index contributed by atoms with van der Waals surface area (Å²) >= 11 is 3.45. The van der Waals surface area contributed by atoms with Gasteiger partial charge in [0.15, 0.2) is 0 Å². The van der Waals surface area contributed by atoms with Gasteiger partial charge in [0, 0.05) is 23.5 Å². The Morgan fingerprint density at radius 2 is 2.05 bits per heavy atom. The fraction of sp³-hybridized carbons (Fsp3) is 0.429. The summed E-state index contributed by atoms with van der Waals surface area (Å²) in [6.45, 7) is 5.09. The molecule has 2 rings (SSSR count). The summed E-state index contributed by atoms with van der Waals surface area (Å²) in [5, 5.41) is 11.5. The van der Waals surface area contributed by atoms with Gasteiger partial charge in [-0.15, -0.1) is 10.2 Å². The number of aromatic nitrogens is 2. The van der Waals surface area contributed by atoms with E-state index in [2.05, 4.69) is 57.4 Å². The monoisotopic (exact) mass is 323 g/mol. The van der Waals surface area contributed by atoms with Crippen LogP contribution in [0.5, 0.6) is 0 Å². The number of nitrogens with one attached hydrogen (secondary N) is 1. The average molecular weight is 324 g/mol. The first-order chi connectivity index (χ1) is 9.13. The van der Waals surface area contributed by atoms with Gasteiger partial charge < -0.3 is 9.73 Å². The molecule has 1 heterocycles. The summed E-state index contributed by atoms with van der Waals surface area (Å²) in [7, 11) is 0. The van der Waals surface area contributed by atoms with Gasteiger partial charge in [0.05, 0.1) is 6.42 Å². The Balaban J connectivity index is 1.90. The maximum absolute atomic E-state index is 5.63. The molecule has 4 nitrogen and oxygen atoms in total. The zero-order chi connectivity index (χ0) is 13.7. The Hall–Kier alpha value is -1.20. The maximum Gasteiger partial charge on any atom is 0.220 e. The SMILES string of the molecule is CC(C)NCCc1nnc(Cc2cccc(Br)c2)o1. The van der Waals surface area contributed by atoms with Crippen LogP contribution in [0.4, 0.5) is 0 Å². The van der Waals surface area contributed by atoms with E-state index in [1.165, 1.54) is 0 Å². The van der Waals surface area contributed by atoms with E-state index >= 15 is 0 Å². The largest absolute Gasteiger partial charge is 0.425 e. The van der Waals surface area contributed by atoms with Crippen LogP contribution in [-0.2, 0) is 12.8 Å². The van der Waals surface area contributed by atoms with E-state index in [4.69, 9.17) is 4.42 Å². The van der Waals surface area contributed by atoms with Crippen LogP contribution in [0.25, 0.3) is 0 Å². The number of halogens is 1. The lowest BCUT2D eigenvalue weighted by Gasteiger charge is -2.04. The molecule has 0 aliphatic heterocycles. The number of nitrogens with zero attached hydrogens (tertiary/aromatic N) is 2. The van der Waals surface area contributed by atoms with Crippen LogP contribution in [0.15, 0.2) is 33.2 Å². The van der Waals surface area contributed by atoms with Crippen molar-refractivity contribution in [1.82, 2.24) is 15.5 Å². The fourth-order valence-corrected chi connectivity index (χ4v) is 2.20. The maximum atomic E-state index is 5.63. The van der Waals surface area contributed by atoms with Crippen molar-refractivity contribution in [1.29, 1.82) is 0 Å². The van der Waals surface area contributed by atoms with Gasteiger partial charge in [0.2, 0.25) is 11.8 Å². The molecule has 0 fully saturated rings. The van der Waals surface area contributed by atoms with Crippen LogP contribution in [0.1, 0.15) is 31.2 Å². The second kappa shape index (κ2) is 6.82. The third-order valence-corrected chi connectivity index (χ3v) is 3.14. The van der Waals surface area contributed by atoms with E-state index in [1.54, 1.807) is 0 Å². The summed E-state index contributed by atoms with van der Waals surface area (Å²) in [5.74, 6) is 1.36. The highest BCUT2D eigenvalue weighted by atomic mass is 79.9. The van der Waals surface area contributed by atoms with Gasteiger partial charge in [-0.3, -0.25) is 0 Å². The van der Waals surface area contributed by atoms with Gasteiger partial charge in [-0.2, -0.15) is 0 Å². The minimum atomic E-state index is 0.476. The Bertz CT molecular complexity index is 525. The zero-order valence-electron chi connectivity index (χ0n) is 11.2. The van der Waals surface area contributed by atoms with Crippen molar-refractivity contribution in [2.24, 2.45) is 0 Å². The van der Waals surface area contributed by atoms with Crippen LogP contribution in [0.2, 0.25) is 0 Å². The lowest BCUT2D eigenvalue weighted by molar-refractivity contribution is 0.446. The molecule has 1 aromatic heterocycles. The van der Waals surface area contributed by atoms with E-state index in [-0.39, 0.29) is 0 Å². The molecule has 0 saturated carbocycles. The smallest absolute Gasteiger partial charge is 0.220 e. The van der Waals surface area contributed by atoms with Crippen molar-refractivity contribution in [2.45, 2.75) is 32.7 Å². The van der Waals surface area contributed by atoms with Crippen LogP contribution < -0.4 is 5.32 Å². The highest BCUT2D eigenvalue weighted by Gasteiger charge is 2.07. The minimum absolute atomic E-state index is 0.476. The van der Waals surface area contributed by atoms with Gasteiger partial charge in [-0.05, 0) is 17.7 Å². The van der Waals surface area contributed by atoms with Crippen LogP contribution in [0.3, 0.4) is 0 Å². The molecule has 0 saturated heterocycles. The Kier molecular flexibility index (Phi) is 5.10. The molecule has 1 N–H and O–H groups in total. The van der Waals surface area contributed by atoms with Gasteiger partial charge in [-0.25, -0.2) is 0 Å². The lowest BCUT2D eigenvalue weighted by atomic mass is 10.1. The number of rotatable bonds is 6. The molecule has 0 spiro atoms. The summed E-state index contributed by atoms with van der Waals surface area (Å²) in [5.41, 5.74) is 1.16.